The first-order valence-corrected chi connectivity index (χ1v) is 6.33. The van der Waals surface area contributed by atoms with Gasteiger partial charge in [0.1, 0.15) is 11.6 Å². The fraction of sp³-hybridized carbons (Fsp3) is 0.357. The lowest BCUT2D eigenvalue weighted by Crippen LogP contribution is -2.48. The molecular formula is C14H15F2N3. The third kappa shape index (κ3) is 2.26. The van der Waals surface area contributed by atoms with Crippen LogP contribution in [0, 0.1) is 11.6 Å². The van der Waals surface area contributed by atoms with E-state index in [1.807, 2.05) is 23.9 Å². The van der Waals surface area contributed by atoms with Gasteiger partial charge in [0.2, 0.25) is 0 Å². The average molecular weight is 263 g/mol. The van der Waals surface area contributed by atoms with E-state index in [1.165, 1.54) is 12.1 Å². The van der Waals surface area contributed by atoms with Gasteiger partial charge < -0.3 is 0 Å². The highest BCUT2D eigenvalue weighted by Crippen LogP contribution is 2.31. The monoisotopic (exact) mass is 263 g/mol. The number of benzene rings is 1. The Morgan fingerprint density at radius 2 is 2.11 bits per heavy atom. The second-order valence-electron chi connectivity index (χ2n) is 4.94. The second kappa shape index (κ2) is 4.74. The molecule has 2 heterocycles. The van der Waals surface area contributed by atoms with E-state index in [0.717, 1.165) is 19.2 Å². The molecule has 0 spiro atoms. The molecule has 1 saturated heterocycles. The van der Waals surface area contributed by atoms with E-state index in [4.69, 9.17) is 0 Å². The largest absolute Gasteiger partial charge is 0.292 e. The van der Waals surface area contributed by atoms with Crippen molar-refractivity contribution in [3.63, 3.8) is 0 Å². The Kier molecular flexibility index (Phi) is 3.06. The zero-order valence-corrected chi connectivity index (χ0v) is 10.6. The van der Waals surface area contributed by atoms with Gasteiger partial charge in [0.15, 0.2) is 0 Å². The maximum atomic E-state index is 13.7. The maximum Gasteiger partial charge on any atom is 0.128 e. The van der Waals surface area contributed by atoms with Crippen molar-refractivity contribution < 1.29 is 8.78 Å². The Morgan fingerprint density at radius 1 is 1.32 bits per heavy atom. The summed E-state index contributed by atoms with van der Waals surface area (Å²) in [7, 11) is 0. The first-order chi connectivity index (χ1) is 9.15. The lowest BCUT2D eigenvalue weighted by molar-refractivity contribution is 0.0581. The second-order valence-corrected chi connectivity index (χ2v) is 4.94. The molecule has 0 unspecified atom stereocenters. The quantitative estimate of drug-likeness (QED) is 0.849. The molecule has 5 heteroatoms. The molecule has 1 aliphatic heterocycles. The van der Waals surface area contributed by atoms with Crippen molar-refractivity contribution >= 4 is 0 Å². The molecule has 0 bridgehead atoms. The predicted molar refractivity (Wildman–Crippen MR) is 67.6 cm³/mol. The van der Waals surface area contributed by atoms with Gasteiger partial charge in [-0.3, -0.25) is 9.58 Å². The smallest absolute Gasteiger partial charge is 0.128 e. The molecule has 1 aliphatic rings. The zero-order chi connectivity index (χ0) is 13.4. The summed E-state index contributed by atoms with van der Waals surface area (Å²) < 4.78 is 28.8. The topological polar surface area (TPSA) is 21.1 Å². The van der Waals surface area contributed by atoms with E-state index >= 15 is 0 Å². The number of hydrogen-bond donors (Lipinski definition) is 0. The van der Waals surface area contributed by atoms with Crippen LogP contribution in [0.25, 0.3) is 0 Å². The van der Waals surface area contributed by atoms with E-state index in [1.54, 1.807) is 6.20 Å². The van der Waals surface area contributed by atoms with Crippen molar-refractivity contribution in [2.24, 2.45) is 0 Å². The highest BCUT2D eigenvalue weighted by Gasteiger charge is 2.33. The van der Waals surface area contributed by atoms with Crippen molar-refractivity contribution in [3.05, 3.63) is 53.9 Å². The van der Waals surface area contributed by atoms with Crippen LogP contribution in [0.2, 0.25) is 0 Å². The standard InChI is InChI=1S/C14H15F2N3/c1-10(13-7-11(15)3-4-14(13)16)18-8-12(9-18)19-6-2-5-17-19/h2-7,10,12H,8-9H2,1H3/t10-/m1/s1. The van der Waals surface area contributed by atoms with Crippen LogP contribution in [-0.4, -0.2) is 27.8 Å². The Balaban J connectivity index is 1.69. The van der Waals surface area contributed by atoms with Crippen LogP contribution in [-0.2, 0) is 0 Å². The van der Waals surface area contributed by atoms with E-state index in [2.05, 4.69) is 10.00 Å². The third-order valence-corrected chi connectivity index (χ3v) is 3.75. The highest BCUT2D eigenvalue weighted by atomic mass is 19.1. The SMILES string of the molecule is C[C@H](c1cc(F)ccc1F)N1CC(n2cccn2)C1. The lowest BCUT2D eigenvalue weighted by Gasteiger charge is -2.43. The van der Waals surface area contributed by atoms with Gasteiger partial charge >= 0.3 is 0 Å². The summed E-state index contributed by atoms with van der Waals surface area (Å²) in [5.74, 6) is -0.746. The molecule has 0 amide bonds. The molecule has 1 aromatic carbocycles. The number of rotatable bonds is 3. The Hall–Kier alpha value is -1.75. The minimum Gasteiger partial charge on any atom is -0.292 e. The summed E-state index contributed by atoms with van der Waals surface area (Å²) in [6, 6.07) is 5.70. The summed E-state index contributed by atoms with van der Waals surface area (Å²) in [5.41, 5.74) is 0.416. The van der Waals surface area contributed by atoms with E-state index in [-0.39, 0.29) is 11.9 Å². The Bertz CT molecular complexity index is 562. The molecule has 100 valence electrons. The van der Waals surface area contributed by atoms with Crippen molar-refractivity contribution in [3.8, 4) is 0 Å². The first-order valence-electron chi connectivity index (χ1n) is 6.33. The zero-order valence-electron chi connectivity index (χ0n) is 10.6. The number of aromatic nitrogens is 2. The van der Waals surface area contributed by atoms with Crippen molar-refractivity contribution in [1.82, 2.24) is 14.7 Å². The number of hydrogen-bond acceptors (Lipinski definition) is 2. The van der Waals surface area contributed by atoms with Gasteiger partial charge in [-0.05, 0) is 31.2 Å². The van der Waals surface area contributed by atoms with Crippen LogP contribution in [0.3, 0.4) is 0 Å². The van der Waals surface area contributed by atoms with Gasteiger partial charge in [0, 0.05) is 37.1 Å². The Labute approximate surface area is 110 Å². The molecule has 0 N–H and O–H groups in total. The maximum absolute atomic E-state index is 13.7. The molecule has 0 radical (unpaired) electrons. The molecule has 3 nitrogen and oxygen atoms in total. The summed E-state index contributed by atoms with van der Waals surface area (Å²) in [6.45, 7) is 3.51. The van der Waals surface area contributed by atoms with Crippen LogP contribution in [0.15, 0.2) is 36.7 Å². The number of nitrogens with zero attached hydrogens (tertiary/aromatic N) is 3. The summed E-state index contributed by atoms with van der Waals surface area (Å²) in [5, 5.41) is 4.19. The van der Waals surface area contributed by atoms with E-state index in [9.17, 15) is 8.78 Å². The van der Waals surface area contributed by atoms with Gasteiger partial charge in [-0.15, -0.1) is 0 Å². The number of likely N-dealkylation sites (tertiary alicyclic amines) is 1. The van der Waals surface area contributed by atoms with Gasteiger partial charge in [-0.1, -0.05) is 0 Å². The first kappa shape index (κ1) is 12.3. The van der Waals surface area contributed by atoms with Crippen molar-refractivity contribution in [2.45, 2.75) is 19.0 Å². The van der Waals surface area contributed by atoms with E-state index < -0.39 is 5.82 Å². The lowest BCUT2D eigenvalue weighted by atomic mass is 10.00. The summed E-state index contributed by atoms with van der Waals surface area (Å²) in [6.07, 6.45) is 3.67. The minimum absolute atomic E-state index is 0.123. The molecule has 2 aromatic rings. The minimum atomic E-state index is -0.396. The molecule has 3 rings (SSSR count). The molecule has 0 aliphatic carbocycles. The van der Waals surface area contributed by atoms with Gasteiger partial charge in [-0.2, -0.15) is 5.10 Å². The molecule has 1 atom stereocenters. The van der Waals surface area contributed by atoms with Gasteiger partial charge in [0.05, 0.1) is 6.04 Å². The molecule has 0 saturated carbocycles. The van der Waals surface area contributed by atoms with Crippen LogP contribution in [0.1, 0.15) is 24.6 Å². The predicted octanol–water partition coefficient (Wildman–Crippen LogP) is 2.78. The molecule has 19 heavy (non-hydrogen) atoms. The molecule has 1 aromatic heterocycles. The van der Waals surface area contributed by atoms with Crippen molar-refractivity contribution in [2.75, 3.05) is 13.1 Å². The molecular weight excluding hydrogens is 248 g/mol. The average Bonchev–Trinajstić information content (AvgIpc) is 2.84. The Morgan fingerprint density at radius 3 is 2.79 bits per heavy atom. The summed E-state index contributed by atoms with van der Waals surface area (Å²) in [4.78, 5) is 2.12. The highest BCUT2D eigenvalue weighted by molar-refractivity contribution is 5.22. The fourth-order valence-electron chi connectivity index (χ4n) is 2.50. The molecule has 1 fully saturated rings. The van der Waals surface area contributed by atoms with Gasteiger partial charge in [0.25, 0.3) is 0 Å². The van der Waals surface area contributed by atoms with Crippen LogP contribution in [0.4, 0.5) is 8.78 Å². The fourth-order valence-corrected chi connectivity index (χ4v) is 2.50. The third-order valence-electron chi connectivity index (χ3n) is 3.75. The van der Waals surface area contributed by atoms with Crippen LogP contribution < -0.4 is 0 Å². The van der Waals surface area contributed by atoms with E-state index in [0.29, 0.717) is 11.6 Å². The normalized spacial score (nSPS) is 18.3. The van der Waals surface area contributed by atoms with Crippen LogP contribution in [0.5, 0.6) is 0 Å². The van der Waals surface area contributed by atoms with Crippen molar-refractivity contribution in [1.29, 1.82) is 0 Å². The van der Waals surface area contributed by atoms with Gasteiger partial charge in [-0.25, -0.2) is 8.78 Å². The number of halogens is 2. The van der Waals surface area contributed by atoms with Crippen LogP contribution >= 0.6 is 0 Å². The summed E-state index contributed by atoms with van der Waals surface area (Å²) >= 11 is 0.